The molecule has 0 radical (unpaired) electrons. The van der Waals surface area contributed by atoms with Crippen LogP contribution in [0.2, 0.25) is 0 Å². The summed E-state index contributed by atoms with van der Waals surface area (Å²) in [6.07, 6.45) is 7.59. The highest BCUT2D eigenvalue weighted by Crippen LogP contribution is 2.26. The number of carbonyl (C=O) groups is 1. The van der Waals surface area contributed by atoms with Crippen molar-refractivity contribution in [3.8, 4) is 34.0 Å². The maximum Gasteiger partial charge on any atom is 0.343 e. The second kappa shape index (κ2) is 11.4. The number of unbranched alkanes of at least 4 members (excludes halogenated alkanes) is 3. The van der Waals surface area contributed by atoms with E-state index < -0.39 is 17.9 Å². The zero-order valence-corrected chi connectivity index (χ0v) is 20.5. The third-order valence-corrected chi connectivity index (χ3v) is 5.71. The minimum absolute atomic E-state index is 0.183. The van der Waals surface area contributed by atoms with Crippen molar-refractivity contribution in [2.45, 2.75) is 58.3 Å². The highest BCUT2D eigenvalue weighted by Gasteiger charge is 2.38. The SMILES string of the molecule is CCCCCCOc1ccc(-c2ncc(-c3ccc(OC(=O)[C@H]4COC(C)(C)O4)cc3)cn2)cc1. The van der Waals surface area contributed by atoms with E-state index in [1.807, 2.05) is 36.4 Å². The van der Waals surface area contributed by atoms with Crippen molar-refractivity contribution in [2.24, 2.45) is 0 Å². The molecule has 184 valence electrons. The second-order valence-corrected chi connectivity index (χ2v) is 8.99. The van der Waals surface area contributed by atoms with E-state index in [9.17, 15) is 4.79 Å². The summed E-state index contributed by atoms with van der Waals surface area (Å²) >= 11 is 0. The predicted molar refractivity (Wildman–Crippen MR) is 133 cm³/mol. The lowest BCUT2D eigenvalue weighted by atomic mass is 10.1. The summed E-state index contributed by atoms with van der Waals surface area (Å²) in [4.78, 5) is 21.3. The van der Waals surface area contributed by atoms with Crippen molar-refractivity contribution >= 4 is 5.97 Å². The first-order chi connectivity index (χ1) is 16.9. The molecule has 2 aromatic carbocycles. The maximum absolute atomic E-state index is 12.3. The van der Waals surface area contributed by atoms with Crippen molar-refractivity contribution < 1.29 is 23.7 Å². The summed E-state index contributed by atoms with van der Waals surface area (Å²) in [5.41, 5.74) is 2.72. The molecule has 0 amide bonds. The van der Waals surface area contributed by atoms with Gasteiger partial charge in [0.2, 0.25) is 0 Å². The fourth-order valence-electron chi connectivity index (χ4n) is 3.75. The smallest absolute Gasteiger partial charge is 0.343 e. The van der Waals surface area contributed by atoms with E-state index in [-0.39, 0.29) is 6.61 Å². The van der Waals surface area contributed by atoms with Crippen LogP contribution < -0.4 is 9.47 Å². The molecule has 0 aliphatic carbocycles. The van der Waals surface area contributed by atoms with Crippen molar-refractivity contribution in [1.29, 1.82) is 0 Å². The minimum Gasteiger partial charge on any atom is -0.494 e. The van der Waals surface area contributed by atoms with Crippen molar-refractivity contribution in [3.63, 3.8) is 0 Å². The lowest BCUT2D eigenvalue weighted by Gasteiger charge is -2.16. The number of rotatable bonds is 10. The molecular formula is C28H32N2O5. The molecular weight excluding hydrogens is 444 g/mol. The Morgan fingerprint density at radius 3 is 2.20 bits per heavy atom. The van der Waals surface area contributed by atoms with Crippen LogP contribution in [0.15, 0.2) is 60.9 Å². The summed E-state index contributed by atoms with van der Waals surface area (Å²) in [5.74, 6) is 0.707. The molecule has 1 aliphatic rings. The summed E-state index contributed by atoms with van der Waals surface area (Å²) in [6.45, 7) is 6.66. The van der Waals surface area contributed by atoms with Gasteiger partial charge in [-0.05, 0) is 62.2 Å². The zero-order chi connectivity index (χ0) is 24.7. The van der Waals surface area contributed by atoms with Crippen LogP contribution in [0.1, 0.15) is 46.5 Å². The van der Waals surface area contributed by atoms with Gasteiger partial charge < -0.3 is 18.9 Å². The number of hydrogen-bond acceptors (Lipinski definition) is 7. The van der Waals surface area contributed by atoms with E-state index >= 15 is 0 Å². The van der Waals surface area contributed by atoms with Gasteiger partial charge in [0.25, 0.3) is 0 Å². The Morgan fingerprint density at radius 2 is 1.57 bits per heavy atom. The number of carbonyl (C=O) groups excluding carboxylic acids is 1. The van der Waals surface area contributed by atoms with Crippen LogP contribution >= 0.6 is 0 Å². The standard InChI is InChI=1S/C28H32N2O5/c1-4-5-6-7-16-32-23-12-10-21(11-13-23)26-29-17-22(18-30-26)20-8-14-24(15-9-20)34-27(31)25-19-33-28(2,3)35-25/h8-15,17-18,25H,4-7,16,19H2,1-3H3/t25-/m1/s1. The average molecular weight is 477 g/mol. The molecule has 1 aliphatic heterocycles. The molecule has 0 spiro atoms. The van der Waals surface area contributed by atoms with Crippen molar-refractivity contribution in [2.75, 3.05) is 13.2 Å². The molecule has 0 bridgehead atoms. The van der Waals surface area contributed by atoms with Crippen LogP contribution in [0.5, 0.6) is 11.5 Å². The van der Waals surface area contributed by atoms with Gasteiger partial charge in [-0.3, -0.25) is 0 Å². The molecule has 2 heterocycles. The van der Waals surface area contributed by atoms with Gasteiger partial charge in [-0.2, -0.15) is 0 Å². The van der Waals surface area contributed by atoms with E-state index in [0.29, 0.717) is 11.6 Å². The Balaban J connectivity index is 1.32. The number of benzene rings is 2. The Kier molecular flexibility index (Phi) is 8.10. The number of aromatic nitrogens is 2. The van der Waals surface area contributed by atoms with Crippen molar-refractivity contribution in [1.82, 2.24) is 9.97 Å². The van der Waals surface area contributed by atoms with Gasteiger partial charge in [0.15, 0.2) is 17.7 Å². The normalized spacial score (nSPS) is 16.7. The number of ether oxygens (including phenoxy) is 4. The molecule has 1 saturated heterocycles. The number of esters is 1. The average Bonchev–Trinajstić information content (AvgIpc) is 3.25. The minimum atomic E-state index is -0.774. The van der Waals surface area contributed by atoms with Gasteiger partial charge >= 0.3 is 5.97 Å². The summed E-state index contributed by atoms with van der Waals surface area (Å²) in [6, 6.07) is 15.1. The summed E-state index contributed by atoms with van der Waals surface area (Å²) in [7, 11) is 0. The van der Waals surface area contributed by atoms with Crippen LogP contribution in [0, 0.1) is 0 Å². The molecule has 0 N–H and O–H groups in total. The van der Waals surface area contributed by atoms with E-state index in [4.69, 9.17) is 18.9 Å². The molecule has 7 nitrogen and oxygen atoms in total. The van der Waals surface area contributed by atoms with Gasteiger partial charge in [-0.1, -0.05) is 38.3 Å². The van der Waals surface area contributed by atoms with Gasteiger partial charge in [0.1, 0.15) is 11.5 Å². The highest BCUT2D eigenvalue weighted by atomic mass is 16.8. The quantitative estimate of drug-likeness (QED) is 0.207. The fourth-order valence-corrected chi connectivity index (χ4v) is 3.75. The highest BCUT2D eigenvalue weighted by molar-refractivity contribution is 5.78. The molecule has 1 aromatic heterocycles. The first kappa shape index (κ1) is 24.8. The molecule has 35 heavy (non-hydrogen) atoms. The van der Waals surface area contributed by atoms with Gasteiger partial charge in [-0.15, -0.1) is 0 Å². The number of nitrogens with zero attached hydrogens (tertiary/aromatic N) is 2. The van der Waals surface area contributed by atoms with E-state index in [1.165, 1.54) is 19.3 Å². The first-order valence-corrected chi connectivity index (χ1v) is 12.1. The molecule has 7 heteroatoms. The topological polar surface area (TPSA) is 79.8 Å². The van der Waals surface area contributed by atoms with E-state index in [2.05, 4.69) is 16.9 Å². The first-order valence-electron chi connectivity index (χ1n) is 12.1. The molecule has 3 aromatic rings. The summed E-state index contributed by atoms with van der Waals surface area (Å²) in [5, 5.41) is 0. The molecule has 0 unspecified atom stereocenters. The van der Waals surface area contributed by atoms with Gasteiger partial charge in [-0.25, -0.2) is 14.8 Å². The summed E-state index contributed by atoms with van der Waals surface area (Å²) < 4.78 is 22.2. The van der Waals surface area contributed by atoms with Crippen LogP contribution in [0.3, 0.4) is 0 Å². The van der Waals surface area contributed by atoms with E-state index in [0.717, 1.165) is 35.5 Å². The van der Waals surface area contributed by atoms with Crippen LogP contribution in [-0.4, -0.2) is 41.0 Å². The Labute approximate surface area is 206 Å². The van der Waals surface area contributed by atoms with E-state index in [1.54, 1.807) is 38.4 Å². The molecule has 1 fully saturated rings. The van der Waals surface area contributed by atoms with Gasteiger partial charge in [0, 0.05) is 23.5 Å². The Bertz CT molecular complexity index is 1100. The molecule has 0 saturated carbocycles. The van der Waals surface area contributed by atoms with Crippen LogP contribution in [0.4, 0.5) is 0 Å². The largest absolute Gasteiger partial charge is 0.494 e. The Morgan fingerprint density at radius 1 is 0.914 bits per heavy atom. The Hall–Kier alpha value is -3.29. The van der Waals surface area contributed by atoms with Crippen LogP contribution in [-0.2, 0) is 14.3 Å². The number of hydrogen-bond donors (Lipinski definition) is 0. The predicted octanol–water partition coefficient (Wildman–Crippen LogP) is 5.83. The maximum atomic E-state index is 12.3. The fraction of sp³-hybridized carbons (Fsp3) is 0.393. The third-order valence-electron chi connectivity index (χ3n) is 5.71. The lowest BCUT2D eigenvalue weighted by Crippen LogP contribution is -2.30. The third kappa shape index (κ3) is 6.87. The second-order valence-electron chi connectivity index (χ2n) is 8.99. The van der Waals surface area contributed by atoms with Crippen LogP contribution in [0.25, 0.3) is 22.5 Å². The molecule has 4 rings (SSSR count). The zero-order valence-electron chi connectivity index (χ0n) is 20.5. The van der Waals surface area contributed by atoms with Gasteiger partial charge in [0.05, 0.1) is 13.2 Å². The monoisotopic (exact) mass is 476 g/mol. The lowest BCUT2D eigenvalue weighted by molar-refractivity contribution is -0.162. The van der Waals surface area contributed by atoms with Crippen molar-refractivity contribution in [3.05, 3.63) is 60.9 Å². The molecule has 1 atom stereocenters.